The summed E-state index contributed by atoms with van der Waals surface area (Å²) in [6.45, 7) is 3.99. The highest BCUT2D eigenvalue weighted by Crippen LogP contribution is 2.23. The Morgan fingerprint density at radius 2 is 1.94 bits per heavy atom. The van der Waals surface area contributed by atoms with E-state index in [1.807, 2.05) is 38.1 Å². The Hall–Kier alpha value is -2.03. The van der Waals surface area contributed by atoms with Crippen LogP contribution in [0.3, 0.4) is 0 Å². The van der Waals surface area contributed by atoms with Gasteiger partial charge in [-0.25, -0.2) is 0 Å². The smallest absolute Gasteiger partial charge is 0.247 e. The topological polar surface area (TPSA) is 42.1 Å². The van der Waals surface area contributed by atoms with Crippen molar-refractivity contribution in [3.63, 3.8) is 0 Å². The van der Waals surface area contributed by atoms with Gasteiger partial charge in [0.15, 0.2) is 0 Å². The summed E-state index contributed by atoms with van der Waals surface area (Å²) in [5.41, 5.74) is 1.90. The van der Waals surface area contributed by atoms with E-state index in [0.29, 0.717) is 0 Å². The molecule has 0 fully saturated rings. The van der Waals surface area contributed by atoms with Gasteiger partial charge in [-0.15, -0.1) is 0 Å². The summed E-state index contributed by atoms with van der Waals surface area (Å²) in [4.78, 5) is 13.6. The third-order valence-corrected chi connectivity index (χ3v) is 2.32. The van der Waals surface area contributed by atoms with Crippen molar-refractivity contribution in [1.29, 1.82) is 0 Å². The molecule has 0 aliphatic rings. The molecule has 17 heavy (non-hydrogen) atoms. The van der Waals surface area contributed by atoms with E-state index < -0.39 is 0 Å². The minimum atomic E-state index is -0.0941. The molecular weight excluding hydrogens is 214 g/mol. The van der Waals surface area contributed by atoms with Gasteiger partial charge >= 0.3 is 0 Å². The highest BCUT2D eigenvalue weighted by atomic mass is 16.5. The first-order valence-electron chi connectivity index (χ1n) is 5.61. The van der Waals surface area contributed by atoms with Gasteiger partial charge in [-0.3, -0.25) is 4.79 Å². The van der Waals surface area contributed by atoms with Crippen LogP contribution < -0.4 is 10.3 Å². The van der Waals surface area contributed by atoms with E-state index in [0.717, 1.165) is 16.9 Å². The number of aromatic nitrogens is 1. The van der Waals surface area contributed by atoms with Crippen LogP contribution in [0.4, 0.5) is 0 Å². The Balaban J connectivity index is 2.32. The van der Waals surface area contributed by atoms with Crippen molar-refractivity contribution in [2.45, 2.75) is 20.0 Å². The Morgan fingerprint density at radius 3 is 2.59 bits per heavy atom. The predicted molar refractivity (Wildman–Crippen MR) is 68.3 cm³/mol. The second-order valence-electron chi connectivity index (χ2n) is 4.14. The standard InChI is InChI=1S/C14H15NO2/c1-10(2)17-13-5-3-4-11(8-13)12-6-7-14(16)15-9-12/h3-10H,1-2H3,(H,15,16). The van der Waals surface area contributed by atoms with Gasteiger partial charge in [0.05, 0.1) is 6.10 Å². The van der Waals surface area contributed by atoms with Gasteiger partial charge in [-0.2, -0.15) is 0 Å². The van der Waals surface area contributed by atoms with E-state index in [4.69, 9.17) is 4.74 Å². The monoisotopic (exact) mass is 229 g/mol. The Labute approximate surface area is 100 Å². The predicted octanol–water partition coefficient (Wildman–Crippen LogP) is 2.83. The molecule has 1 heterocycles. The number of aromatic amines is 1. The van der Waals surface area contributed by atoms with Crippen LogP contribution in [0.15, 0.2) is 47.4 Å². The van der Waals surface area contributed by atoms with Crippen molar-refractivity contribution in [3.8, 4) is 16.9 Å². The summed E-state index contributed by atoms with van der Waals surface area (Å²) in [7, 11) is 0. The first kappa shape index (κ1) is 11.5. The van der Waals surface area contributed by atoms with Gasteiger partial charge < -0.3 is 9.72 Å². The number of pyridine rings is 1. The zero-order valence-electron chi connectivity index (χ0n) is 9.94. The molecule has 1 aromatic carbocycles. The van der Waals surface area contributed by atoms with Crippen LogP contribution in [0.25, 0.3) is 11.1 Å². The summed E-state index contributed by atoms with van der Waals surface area (Å²) in [6.07, 6.45) is 1.86. The normalized spacial score (nSPS) is 10.5. The first-order valence-corrected chi connectivity index (χ1v) is 5.61. The van der Waals surface area contributed by atoms with Crippen molar-refractivity contribution in [2.75, 3.05) is 0 Å². The number of benzene rings is 1. The van der Waals surface area contributed by atoms with Crippen LogP contribution in [0.5, 0.6) is 5.75 Å². The minimum Gasteiger partial charge on any atom is -0.491 e. The quantitative estimate of drug-likeness (QED) is 0.879. The van der Waals surface area contributed by atoms with Crippen LogP contribution in [-0.4, -0.2) is 11.1 Å². The molecule has 0 bridgehead atoms. The summed E-state index contributed by atoms with van der Waals surface area (Å²) < 4.78 is 5.63. The number of rotatable bonds is 3. The third kappa shape index (κ3) is 2.97. The van der Waals surface area contributed by atoms with Crippen LogP contribution in [-0.2, 0) is 0 Å². The Morgan fingerprint density at radius 1 is 1.12 bits per heavy atom. The number of H-pyrrole nitrogens is 1. The molecule has 1 aromatic heterocycles. The van der Waals surface area contributed by atoms with Gasteiger partial charge in [0.1, 0.15) is 5.75 Å². The molecule has 1 N–H and O–H groups in total. The lowest BCUT2D eigenvalue weighted by molar-refractivity contribution is 0.242. The van der Waals surface area contributed by atoms with Crippen LogP contribution in [0.1, 0.15) is 13.8 Å². The SMILES string of the molecule is CC(C)Oc1cccc(-c2ccc(=O)[nH]c2)c1. The molecule has 3 heteroatoms. The second kappa shape index (κ2) is 4.87. The summed E-state index contributed by atoms with van der Waals surface area (Å²) in [5.74, 6) is 0.837. The molecule has 2 rings (SSSR count). The van der Waals surface area contributed by atoms with Crippen LogP contribution in [0, 0.1) is 0 Å². The average Bonchev–Trinajstić information content (AvgIpc) is 2.29. The Kier molecular flexibility index (Phi) is 3.28. The number of ether oxygens (including phenoxy) is 1. The second-order valence-corrected chi connectivity index (χ2v) is 4.14. The minimum absolute atomic E-state index is 0.0941. The molecule has 0 saturated carbocycles. The van der Waals surface area contributed by atoms with Crippen molar-refractivity contribution >= 4 is 0 Å². The lowest BCUT2D eigenvalue weighted by atomic mass is 10.1. The van der Waals surface area contributed by atoms with Crippen molar-refractivity contribution in [2.24, 2.45) is 0 Å². The first-order chi connectivity index (χ1) is 8.15. The molecule has 0 atom stereocenters. The van der Waals surface area contributed by atoms with Gasteiger partial charge in [0.2, 0.25) is 5.56 Å². The fourth-order valence-corrected chi connectivity index (χ4v) is 1.61. The summed E-state index contributed by atoms with van der Waals surface area (Å²) >= 11 is 0. The third-order valence-electron chi connectivity index (χ3n) is 2.32. The fraction of sp³-hybridized carbons (Fsp3) is 0.214. The number of hydrogen-bond acceptors (Lipinski definition) is 2. The molecule has 0 radical (unpaired) electrons. The van der Waals surface area contributed by atoms with E-state index >= 15 is 0 Å². The number of nitrogens with one attached hydrogen (secondary N) is 1. The maximum absolute atomic E-state index is 11.0. The zero-order chi connectivity index (χ0) is 12.3. The molecule has 0 spiro atoms. The maximum Gasteiger partial charge on any atom is 0.247 e. The molecule has 0 amide bonds. The van der Waals surface area contributed by atoms with E-state index in [-0.39, 0.29) is 11.7 Å². The lowest BCUT2D eigenvalue weighted by Crippen LogP contribution is -2.05. The summed E-state index contributed by atoms with van der Waals surface area (Å²) in [6, 6.07) is 11.1. The van der Waals surface area contributed by atoms with E-state index in [1.165, 1.54) is 6.07 Å². The average molecular weight is 229 g/mol. The van der Waals surface area contributed by atoms with Crippen molar-refractivity contribution in [3.05, 3.63) is 52.9 Å². The molecule has 0 aliphatic heterocycles. The molecular formula is C14H15NO2. The van der Waals surface area contributed by atoms with Gasteiger partial charge in [0.25, 0.3) is 0 Å². The van der Waals surface area contributed by atoms with E-state index in [1.54, 1.807) is 12.3 Å². The van der Waals surface area contributed by atoms with Gasteiger partial charge in [0, 0.05) is 12.3 Å². The molecule has 0 unspecified atom stereocenters. The fourth-order valence-electron chi connectivity index (χ4n) is 1.61. The molecule has 3 nitrogen and oxygen atoms in total. The molecule has 88 valence electrons. The largest absolute Gasteiger partial charge is 0.491 e. The van der Waals surface area contributed by atoms with E-state index in [9.17, 15) is 4.79 Å². The van der Waals surface area contributed by atoms with Gasteiger partial charge in [-0.1, -0.05) is 12.1 Å². The molecule has 0 saturated heterocycles. The zero-order valence-corrected chi connectivity index (χ0v) is 9.94. The number of hydrogen-bond donors (Lipinski definition) is 1. The molecule has 0 aliphatic carbocycles. The van der Waals surface area contributed by atoms with Crippen molar-refractivity contribution < 1.29 is 4.74 Å². The maximum atomic E-state index is 11.0. The molecule has 2 aromatic rings. The van der Waals surface area contributed by atoms with Crippen LogP contribution >= 0.6 is 0 Å². The Bertz CT molecular complexity index is 538. The van der Waals surface area contributed by atoms with Crippen molar-refractivity contribution in [1.82, 2.24) is 4.98 Å². The lowest BCUT2D eigenvalue weighted by Gasteiger charge is -2.10. The van der Waals surface area contributed by atoms with Crippen LogP contribution in [0.2, 0.25) is 0 Å². The summed E-state index contributed by atoms with van der Waals surface area (Å²) in [5, 5.41) is 0. The van der Waals surface area contributed by atoms with Gasteiger partial charge in [-0.05, 0) is 43.2 Å². The highest BCUT2D eigenvalue weighted by Gasteiger charge is 2.01. The van der Waals surface area contributed by atoms with E-state index in [2.05, 4.69) is 4.98 Å². The highest BCUT2D eigenvalue weighted by molar-refractivity contribution is 5.63.